The highest BCUT2D eigenvalue weighted by Gasteiger charge is 2.26. The van der Waals surface area contributed by atoms with Gasteiger partial charge in [-0.05, 0) is 43.5 Å². The summed E-state index contributed by atoms with van der Waals surface area (Å²) in [6.07, 6.45) is 6.01. The molecule has 0 spiro atoms. The first-order valence-corrected chi connectivity index (χ1v) is 11.7. The van der Waals surface area contributed by atoms with E-state index in [2.05, 4.69) is 5.32 Å². The molecule has 30 heavy (non-hydrogen) atoms. The van der Waals surface area contributed by atoms with Crippen LogP contribution >= 0.6 is 0 Å². The first-order chi connectivity index (χ1) is 14.4. The Bertz CT molecular complexity index is 869. The number of carbonyl (C=O) groups excluding carboxylic acids is 2. The summed E-state index contributed by atoms with van der Waals surface area (Å²) in [5.41, 5.74) is 0.649. The van der Waals surface area contributed by atoms with Gasteiger partial charge in [-0.2, -0.15) is 4.31 Å². The number of amides is 1. The fraction of sp³-hybridized carbons (Fsp3) is 0.524. The lowest BCUT2D eigenvalue weighted by atomic mass is 10.2. The summed E-state index contributed by atoms with van der Waals surface area (Å²) >= 11 is 0. The average Bonchev–Trinajstić information content (AvgIpc) is 3.26. The van der Waals surface area contributed by atoms with Crippen LogP contribution in [0.4, 0.5) is 0 Å². The molecule has 9 heteroatoms. The third-order valence-electron chi connectivity index (χ3n) is 5.26. The van der Waals surface area contributed by atoms with Gasteiger partial charge in [-0.25, -0.2) is 13.2 Å². The van der Waals surface area contributed by atoms with Gasteiger partial charge in [0, 0.05) is 25.2 Å². The maximum atomic E-state index is 12.6. The van der Waals surface area contributed by atoms with Gasteiger partial charge in [-0.3, -0.25) is 4.79 Å². The van der Waals surface area contributed by atoms with Crippen molar-refractivity contribution in [1.29, 1.82) is 0 Å². The van der Waals surface area contributed by atoms with Crippen LogP contribution in [-0.4, -0.2) is 63.0 Å². The summed E-state index contributed by atoms with van der Waals surface area (Å²) in [6.45, 7) is 2.99. The van der Waals surface area contributed by atoms with Crippen molar-refractivity contribution >= 4 is 28.0 Å². The molecule has 3 rings (SSSR count). The van der Waals surface area contributed by atoms with Gasteiger partial charge < -0.3 is 14.8 Å². The van der Waals surface area contributed by atoms with E-state index in [0.717, 1.165) is 25.7 Å². The maximum absolute atomic E-state index is 12.6. The number of benzene rings is 1. The average molecular weight is 437 g/mol. The standard InChI is InChI=1S/C21H28N2O6S/c1-16(21(25)22-18-4-2-3-5-18)29-20(24)11-8-17-6-9-19(10-7-17)30(26,27)23-12-14-28-15-13-23/h6-11,16,18H,2-5,12-15H2,1H3,(H,22,25). The van der Waals surface area contributed by atoms with Gasteiger partial charge in [0.05, 0.1) is 18.1 Å². The molecular weight excluding hydrogens is 408 g/mol. The summed E-state index contributed by atoms with van der Waals surface area (Å²) in [7, 11) is -3.55. The predicted molar refractivity (Wildman–Crippen MR) is 111 cm³/mol. The molecule has 0 radical (unpaired) electrons. The Morgan fingerprint density at radius 1 is 1.17 bits per heavy atom. The number of hydrogen-bond acceptors (Lipinski definition) is 6. The molecule has 1 heterocycles. The van der Waals surface area contributed by atoms with E-state index in [0.29, 0.717) is 31.9 Å². The molecule has 1 atom stereocenters. The van der Waals surface area contributed by atoms with Crippen LogP contribution in [0.3, 0.4) is 0 Å². The van der Waals surface area contributed by atoms with E-state index in [1.807, 2.05) is 0 Å². The Labute approximate surface area is 177 Å². The lowest BCUT2D eigenvalue weighted by Gasteiger charge is -2.26. The van der Waals surface area contributed by atoms with Gasteiger partial charge >= 0.3 is 5.97 Å². The molecule has 8 nitrogen and oxygen atoms in total. The van der Waals surface area contributed by atoms with E-state index in [9.17, 15) is 18.0 Å². The SMILES string of the molecule is CC(OC(=O)C=Cc1ccc(S(=O)(=O)N2CCOCC2)cc1)C(=O)NC1CCCC1. The van der Waals surface area contributed by atoms with Crippen molar-refractivity contribution in [3.8, 4) is 0 Å². The number of nitrogens with zero attached hydrogens (tertiary/aromatic N) is 1. The van der Waals surface area contributed by atoms with Crippen LogP contribution < -0.4 is 5.32 Å². The Morgan fingerprint density at radius 3 is 2.43 bits per heavy atom. The van der Waals surface area contributed by atoms with Crippen LogP contribution in [0.1, 0.15) is 38.2 Å². The molecule has 1 unspecified atom stereocenters. The number of esters is 1. The fourth-order valence-electron chi connectivity index (χ4n) is 3.51. The molecule has 164 valence electrons. The fourth-order valence-corrected chi connectivity index (χ4v) is 4.91. The Hall–Kier alpha value is -2.23. The lowest BCUT2D eigenvalue weighted by Crippen LogP contribution is -2.40. The van der Waals surface area contributed by atoms with Gasteiger partial charge in [0.15, 0.2) is 6.10 Å². The van der Waals surface area contributed by atoms with Crippen molar-refractivity contribution in [2.45, 2.75) is 49.6 Å². The van der Waals surface area contributed by atoms with E-state index in [1.165, 1.54) is 28.6 Å². The van der Waals surface area contributed by atoms with Crippen molar-refractivity contribution in [2.24, 2.45) is 0 Å². The van der Waals surface area contributed by atoms with Crippen LogP contribution in [0, 0.1) is 0 Å². The minimum Gasteiger partial charge on any atom is -0.449 e. The molecule has 1 amide bonds. The number of nitrogens with one attached hydrogen (secondary N) is 1. The maximum Gasteiger partial charge on any atom is 0.331 e. The van der Waals surface area contributed by atoms with Crippen LogP contribution in [0.15, 0.2) is 35.2 Å². The molecule has 2 fully saturated rings. The monoisotopic (exact) mass is 436 g/mol. The van der Waals surface area contributed by atoms with E-state index >= 15 is 0 Å². The summed E-state index contributed by atoms with van der Waals surface area (Å²) < 4.78 is 37.0. The second kappa shape index (κ2) is 10.2. The Kier molecular flexibility index (Phi) is 7.63. The molecule has 1 aliphatic carbocycles. The zero-order chi connectivity index (χ0) is 21.6. The molecule has 2 aliphatic rings. The van der Waals surface area contributed by atoms with E-state index < -0.39 is 22.1 Å². The summed E-state index contributed by atoms with van der Waals surface area (Å²) in [5, 5.41) is 2.90. The van der Waals surface area contributed by atoms with Gasteiger partial charge in [0.1, 0.15) is 0 Å². The summed E-state index contributed by atoms with van der Waals surface area (Å²) in [5.74, 6) is -0.921. The Morgan fingerprint density at radius 2 is 1.80 bits per heavy atom. The zero-order valence-corrected chi connectivity index (χ0v) is 17.9. The van der Waals surface area contributed by atoms with Crippen molar-refractivity contribution < 1.29 is 27.5 Å². The number of ether oxygens (including phenoxy) is 2. The number of sulfonamides is 1. The normalized spacial score (nSPS) is 19.6. The highest BCUT2D eigenvalue weighted by atomic mass is 32.2. The number of rotatable bonds is 7. The van der Waals surface area contributed by atoms with Gasteiger partial charge in [-0.1, -0.05) is 25.0 Å². The quantitative estimate of drug-likeness (QED) is 0.516. The molecular formula is C21H28N2O6S. The zero-order valence-electron chi connectivity index (χ0n) is 17.1. The third-order valence-corrected chi connectivity index (χ3v) is 7.18. The van der Waals surface area contributed by atoms with Crippen LogP contribution in [0.25, 0.3) is 6.08 Å². The van der Waals surface area contributed by atoms with Crippen LogP contribution in [0.2, 0.25) is 0 Å². The van der Waals surface area contributed by atoms with Crippen molar-refractivity contribution in [2.75, 3.05) is 26.3 Å². The van der Waals surface area contributed by atoms with Gasteiger partial charge in [0.25, 0.3) is 5.91 Å². The van der Waals surface area contributed by atoms with Crippen LogP contribution in [-0.2, 0) is 29.1 Å². The molecule has 1 aliphatic heterocycles. The number of carbonyl (C=O) groups is 2. The predicted octanol–water partition coefficient (Wildman–Crippen LogP) is 1.71. The molecule has 1 aromatic rings. The molecule has 0 bridgehead atoms. The first-order valence-electron chi connectivity index (χ1n) is 10.2. The van der Waals surface area contributed by atoms with E-state index in [-0.39, 0.29) is 16.8 Å². The van der Waals surface area contributed by atoms with Crippen LogP contribution in [0.5, 0.6) is 0 Å². The summed E-state index contributed by atoms with van der Waals surface area (Å²) in [4.78, 5) is 24.3. The highest BCUT2D eigenvalue weighted by Crippen LogP contribution is 2.19. The van der Waals surface area contributed by atoms with Crippen molar-refractivity contribution in [1.82, 2.24) is 9.62 Å². The molecule has 1 N–H and O–H groups in total. The van der Waals surface area contributed by atoms with E-state index in [4.69, 9.17) is 9.47 Å². The molecule has 1 saturated heterocycles. The van der Waals surface area contributed by atoms with Crippen molar-refractivity contribution in [3.63, 3.8) is 0 Å². The summed E-state index contributed by atoms with van der Waals surface area (Å²) in [6, 6.07) is 6.42. The minimum absolute atomic E-state index is 0.168. The van der Waals surface area contributed by atoms with E-state index in [1.54, 1.807) is 19.1 Å². The van der Waals surface area contributed by atoms with Gasteiger partial charge in [-0.15, -0.1) is 0 Å². The second-order valence-corrected chi connectivity index (χ2v) is 9.43. The topological polar surface area (TPSA) is 102 Å². The lowest BCUT2D eigenvalue weighted by molar-refractivity contribution is -0.150. The van der Waals surface area contributed by atoms with Crippen molar-refractivity contribution in [3.05, 3.63) is 35.9 Å². The highest BCUT2D eigenvalue weighted by molar-refractivity contribution is 7.89. The molecule has 1 saturated carbocycles. The van der Waals surface area contributed by atoms with Gasteiger partial charge in [0.2, 0.25) is 10.0 Å². The first kappa shape index (κ1) is 22.5. The minimum atomic E-state index is -3.55. The molecule has 0 aromatic heterocycles. The number of hydrogen-bond donors (Lipinski definition) is 1. The number of morpholine rings is 1. The smallest absolute Gasteiger partial charge is 0.331 e. The second-order valence-electron chi connectivity index (χ2n) is 7.49. The Balaban J connectivity index is 1.52. The third kappa shape index (κ3) is 5.90. The largest absolute Gasteiger partial charge is 0.449 e. The molecule has 1 aromatic carbocycles.